The van der Waals surface area contributed by atoms with E-state index in [2.05, 4.69) is 10.4 Å². The fourth-order valence-corrected chi connectivity index (χ4v) is 0.894. The summed E-state index contributed by atoms with van der Waals surface area (Å²) in [5.74, 6) is -0.0544. The Bertz CT molecular complexity index is 338. The van der Waals surface area contributed by atoms with Gasteiger partial charge >= 0.3 is 6.03 Å². The Kier molecular flexibility index (Phi) is 3.01. The van der Waals surface area contributed by atoms with Gasteiger partial charge in [0.05, 0.1) is 0 Å². The highest BCUT2D eigenvalue weighted by atomic mass is 16.2. The van der Waals surface area contributed by atoms with E-state index in [0.717, 1.165) is 5.01 Å². The molecule has 0 saturated heterocycles. The van der Waals surface area contributed by atoms with Crippen molar-refractivity contribution in [2.75, 3.05) is 5.01 Å². The Hall–Kier alpha value is -2.11. The van der Waals surface area contributed by atoms with E-state index < -0.39 is 6.03 Å². The molecule has 1 heterocycles. The number of anilines is 1. The van der Waals surface area contributed by atoms with Gasteiger partial charge in [-0.1, -0.05) is 6.07 Å². The smallest absolute Gasteiger partial charge is 0.331 e. The number of nitrogens with zero attached hydrogens (tertiary/aromatic N) is 2. The quantitative estimate of drug-likeness (QED) is 0.617. The van der Waals surface area contributed by atoms with E-state index >= 15 is 0 Å². The third kappa shape index (κ3) is 2.44. The van der Waals surface area contributed by atoms with Crippen molar-refractivity contribution in [3.8, 4) is 0 Å². The molecular formula is C8H10N4O2. The molecule has 0 bridgehead atoms. The van der Waals surface area contributed by atoms with Crippen molar-refractivity contribution >= 4 is 17.8 Å². The topological polar surface area (TPSA) is 88.3 Å². The highest BCUT2D eigenvalue weighted by molar-refractivity contribution is 5.93. The van der Waals surface area contributed by atoms with Crippen molar-refractivity contribution < 1.29 is 9.59 Å². The molecule has 0 radical (unpaired) electrons. The fraction of sp³-hybridized carbons (Fsp3) is 0.125. The van der Waals surface area contributed by atoms with Crippen LogP contribution in [0.5, 0.6) is 0 Å². The summed E-state index contributed by atoms with van der Waals surface area (Å²) in [6.07, 6.45) is 1.51. The van der Waals surface area contributed by atoms with E-state index in [0.29, 0.717) is 5.82 Å². The van der Waals surface area contributed by atoms with Gasteiger partial charge in [0.2, 0.25) is 5.91 Å². The Balaban J connectivity index is 2.89. The van der Waals surface area contributed by atoms with E-state index in [1.54, 1.807) is 18.2 Å². The normalized spacial score (nSPS) is 9.21. The number of carbonyl (C=O) groups is 2. The number of hydrogen-bond donors (Lipinski definition) is 2. The molecule has 6 nitrogen and oxygen atoms in total. The molecule has 0 saturated carbocycles. The van der Waals surface area contributed by atoms with Crippen LogP contribution in [0.4, 0.5) is 10.6 Å². The van der Waals surface area contributed by atoms with Gasteiger partial charge in [0.15, 0.2) is 5.82 Å². The van der Waals surface area contributed by atoms with Crippen LogP contribution in [0.25, 0.3) is 0 Å². The summed E-state index contributed by atoms with van der Waals surface area (Å²) in [6, 6.07) is 4.16. The first kappa shape index (κ1) is 9.97. The van der Waals surface area contributed by atoms with Crippen LogP contribution >= 0.6 is 0 Å². The number of nitrogens with one attached hydrogen (secondary N) is 1. The molecule has 0 aliphatic rings. The maximum absolute atomic E-state index is 11.1. The first-order chi connectivity index (χ1) is 6.61. The number of urea groups is 1. The van der Waals surface area contributed by atoms with E-state index in [1.165, 1.54) is 13.1 Å². The zero-order chi connectivity index (χ0) is 10.6. The Labute approximate surface area is 80.7 Å². The van der Waals surface area contributed by atoms with Gasteiger partial charge in [-0.25, -0.2) is 20.2 Å². The number of amides is 3. The molecule has 1 aromatic heterocycles. The third-order valence-corrected chi connectivity index (χ3v) is 1.42. The number of carbonyl (C=O) groups excluding carboxylic acids is 2. The minimum atomic E-state index is -0.814. The highest BCUT2D eigenvalue weighted by Gasteiger charge is 2.13. The van der Waals surface area contributed by atoms with Crippen molar-refractivity contribution in [2.24, 2.45) is 5.73 Å². The lowest BCUT2D eigenvalue weighted by Crippen LogP contribution is -2.48. The predicted molar refractivity (Wildman–Crippen MR) is 50.1 cm³/mol. The van der Waals surface area contributed by atoms with Gasteiger partial charge in [-0.2, -0.15) is 0 Å². The van der Waals surface area contributed by atoms with Crippen molar-refractivity contribution in [3.63, 3.8) is 0 Å². The molecule has 1 rings (SSSR count). The molecule has 0 aliphatic carbocycles. The molecule has 3 amide bonds. The van der Waals surface area contributed by atoms with Gasteiger partial charge < -0.3 is 5.73 Å². The summed E-state index contributed by atoms with van der Waals surface area (Å²) in [7, 11) is 0. The summed E-state index contributed by atoms with van der Waals surface area (Å²) in [6.45, 7) is 1.30. The molecule has 0 unspecified atom stereocenters. The molecule has 0 aromatic carbocycles. The van der Waals surface area contributed by atoms with Crippen LogP contribution in [0, 0.1) is 0 Å². The van der Waals surface area contributed by atoms with E-state index in [9.17, 15) is 9.59 Å². The van der Waals surface area contributed by atoms with Crippen LogP contribution in [0.3, 0.4) is 0 Å². The molecule has 6 heteroatoms. The lowest BCUT2D eigenvalue weighted by molar-refractivity contribution is -0.117. The van der Waals surface area contributed by atoms with Gasteiger partial charge in [0.25, 0.3) is 0 Å². The number of aromatic nitrogens is 1. The average Bonchev–Trinajstić information content (AvgIpc) is 2.15. The van der Waals surface area contributed by atoms with Crippen LogP contribution in [-0.4, -0.2) is 16.9 Å². The summed E-state index contributed by atoms with van der Waals surface area (Å²) >= 11 is 0. The van der Waals surface area contributed by atoms with E-state index in [-0.39, 0.29) is 5.91 Å². The molecule has 1 aromatic rings. The largest absolute Gasteiger partial charge is 0.350 e. The average molecular weight is 194 g/mol. The fourth-order valence-electron chi connectivity index (χ4n) is 0.894. The number of primary amides is 1. The van der Waals surface area contributed by atoms with Crippen LogP contribution in [-0.2, 0) is 4.79 Å². The van der Waals surface area contributed by atoms with E-state index in [4.69, 9.17) is 5.73 Å². The molecular weight excluding hydrogens is 184 g/mol. The second-order valence-electron chi connectivity index (χ2n) is 2.52. The van der Waals surface area contributed by atoms with Gasteiger partial charge in [-0.3, -0.25) is 4.79 Å². The summed E-state index contributed by atoms with van der Waals surface area (Å²) in [4.78, 5) is 25.6. The SMILES string of the molecule is CC(=O)N(NC(N)=O)c1ccccn1. The van der Waals surface area contributed by atoms with Gasteiger partial charge in [-0.15, -0.1) is 0 Å². The first-order valence-electron chi connectivity index (χ1n) is 3.89. The number of hydrogen-bond acceptors (Lipinski definition) is 3. The number of rotatable bonds is 1. The summed E-state index contributed by atoms with van der Waals surface area (Å²) < 4.78 is 0. The molecule has 0 atom stereocenters. The Morgan fingerprint density at radius 2 is 2.21 bits per heavy atom. The molecule has 0 spiro atoms. The van der Waals surface area contributed by atoms with Gasteiger partial charge in [0, 0.05) is 13.1 Å². The molecule has 0 aliphatic heterocycles. The molecule has 0 fully saturated rings. The van der Waals surface area contributed by atoms with Crippen LogP contribution < -0.4 is 16.2 Å². The number of nitrogens with two attached hydrogens (primary N) is 1. The second-order valence-corrected chi connectivity index (χ2v) is 2.52. The van der Waals surface area contributed by atoms with Crippen molar-refractivity contribution in [2.45, 2.75) is 6.92 Å². The van der Waals surface area contributed by atoms with Crippen molar-refractivity contribution in [3.05, 3.63) is 24.4 Å². The lowest BCUT2D eigenvalue weighted by Gasteiger charge is -2.18. The molecule has 74 valence electrons. The Morgan fingerprint density at radius 1 is 1.50 bits per heavy atom. The summed E-state index contributed by atoms with van der Waals surface area (Å²) in [5, 5.41) is 0.975. The maximum Gasteiger partial charge on any atom is 0.331 e. The van der Waals surface area contributed by atoms with Crippen LogP contribution in [0.2, 0.25) is 0 Å². The minimum Gasteiger partial charge on any atom is -0.350 e. The monoisotopic (exact) mass is 194 g/mol. The molecule has 14 heavy (non-hydrogen) atoms. The minimum absolute atomic E-state index is 0.318. The maximum atomic E-state index is 11.1. The number of pyridine rings is 1. The van der Waals surface area contributed by atoms with Gasteiger partial charge in [-0.05, 0) is 12.1 Å². The van der Waals surface area contributed by atoms with Crippen molar-refractivity contribution in [1.82, 2.24) is 10.4 Å². The lowest BCUT2D eigenvalue weighted by atomic mass is 10.4. The number of hydrazine groups is 1. The van der Waals surface area contributed by atoms with Crippen LogP contribution in [0.15, 0.2) is 24.4 Å². The Morgan fingerprint density at radius 3 is 2.64 bits per heavy atom. The van der Waals surface area contributed by atoms with Crippen LogP contribution in [0.1, 0.15) is 6.92 Å². The highest BCUT2D eigenvalue weighted by Crippen LogP contribution is 2.05. The third-order valence-electron chi connectivity index (χ3n) is 1.42. The zero-order valence-corrected chi connectivity index (χ0v) is 7.60. The zero-order valence-electron chi connectivity index (χ0n) is 7.60. The standard InChI is InChI=1S/C8H10N4O2/c1-6(13)12(11-8(9)14)7-4-2-3-5-10-7/h2-5H,1H3,(H3,9,11,14). The van der Waals surface area contributed by atoms with E-state index in [1.807, 2.05) is 0 Å². The first-order valence-corrected chi connectivity index (χ1v) is 3.89. The van der Waals surface area contributed by atoms with Crippen molar-refractivity contribution in [1.29, 1.82) is 0 Å². The molecule has 3 N–H and O–H groups in total. The van der Waals surface area contributed by atoms with Gasteiger partial charge in [0.1, 0.15) is 0 Å². The summed E-state index contributed by atoms with van der Waals surface area (Å²) in [5.41, 5.74) is 7.05. The second kappa shape index (κ2) is 4.22. The predicted octanol–water partition coefficient (Wildman–Crippen LogP) is 0.0178.